The number of ether oxygens (including phenoxy) is 1. The first-order chi connectivity index (χ1) is 10.3. The number of pyridine rings is 1. The lowest BCUT2D eigenvalue weighted by atomic mass is 10.1. The molecule has 0 saturated heterocycles. The number of hydrogen-bond acceptors (Lipinski definition) is 4. The first-order valence-electron chi connectivity index (χ1n) is 7.43. The van der Waals surface area contributed by atoms with Crippen LogP contribution in [0.2, 0.25) is 0 Å². The molecule has 1 atom stereocenters. The molecule has 1 aromatic heterocycles. The quantitative estimate of drug-likeness (QED) is 0.582. The Morgan fingerprint density at radius 1 is 1.50 bits per heavy atom. The fraction of sp³-hybridized carbons (Fsp3) is 0.529. The largest absolute Gasteiger partial charge is 0.444 e. The number of likely N-dealkylation sites (N-methyl/N-ethyl adjacent to an activating group) is 1. The van der Waals surface area contributed by atoms with Crippen LogP contribution in [0.25, 0.3) is 0 Å². The van der Waals surface area contributed by atoms with Crippen molar-refractivity contribution in [2.24, 2.45) is 0 Å². The summed E-state index contributed by atoms with van der Waals surface area (Å²) >= 11 is 1.76. The van der Waals surface area contributed by atoms with E-state index in [4.69, 9.17) is 4.74 Å². The number of thioether (sulfide) groups is 1. The van der Waals surface area contributed by atoms with Crippen molar-refractivity contribution in [2.75, 3.05) is 12.8 Å². The molecule has 0 aliphatic heterocycles. The van der Waals surface area contributed by atoms with E-state index < -0.39 is 5.60 Å². The molecule has 0 aliphatic carbocycles. The van der Waals surface area contributed by atoms with Crippen molar-refractivity contribution in [1.82, 2.24) is 9.88 Å². The van der Waals surface area contributed by atoms with Crippen LogP contribution in [0.5, 0.6) is 0 Å². The third kappa shape index (κ3) is 6.10. The fourth-order valence-corrected chi connectivity index (χ4v) is 2.47. The van der Waals surface area contributed by atoms with E-state index in [2.05, 4.69) is 24.6 Å². The molecule has 22 heavy (non-hydrogen) atoms. The Labute approximate surface area is 137 Å². The Hall–Kier alpha value is -1.49. The predicted molar refractivity (Wildman–Crippen MR) is 92.3 cm³/mol. The zero-order valence-electron chi connectivity index (χ0n) is 14.1. The van der Waals surface area contributed by atoms with Gasteiger partial charge in [0.25, 0.3) is 0 Å². The summed E-state index contributed by atoms with van der Waals surface area (Å²) in [7, 11) is 1.72. The summed E-state index contributed by atoms with van der Waals surface area (Å²) in [5.74, 6) is 1.03. The number of nitrogens with zero attached hydrogens (tertiary/aromatic N) is 2. The van der Waals surface area contributed by atoms with Crippen molar-refractivity contribution >= 4 is 17.9 Å². The molecule has 5 heteroatoms. The molecule has 1 amide bonds. The summed E-state index contributed by atoms with van der Waals surface area (Å²) in [5, 5.41) is 0. The highest BCUT2D eigenvalue weighted by atomic mass is 32.2. The molecular weight excluding hydrogens is 296 g/mol. The van der Waals surface area contributed by atoms with Crippen LogP contribution in [0.3, 0.4) is 0 Å². The first-order valence-corrected chi connectivity index (χ1v) is 8.41. The number of aromatic nitrogens is 1. The fourth-order valence-electron chi connectivity index (χ4n) is 1.85. The van der Waals surface area contributed by atoms with Gasteiger partial charge in [0.2, 0.25) is 0 Å². The molecule has 0 aliphatic rings. The Bertz CT molecular complexity index is 494. The standard InChI is InChI=1S/C17H26N2O2S/c1-7-14(19(6)16(20)21-17(3,4)5)11-13-9-10-15(12-18-13)22-8-2/h7,9-10,12,14H,1,8,11H2,2-6H3. The van der Waals surface area contributed by atoms with Gasteiger partial charge in [-0.1, -0.05) is 13.0 Å². The second kappa shape index (κ2) is 8.22. The normalized spacial score (nSPS) is 12.6. The highest BCUT2D eigenvalue weighted by Crippen LogP contribution is 2.18. The minimum Gasteiger partial charge on any atom is -0.444 e. The van der Waals surface area contributed by atoms with Gasteiger partial charge in [-0.3, -0.25) is 4.98 Å². The molecule has 0 N–H and O–H groups in total. The summed E-state index contributed by atoms with van der Waals surface area (Å²) in [6.45, 7) is 11.5. The predicted octanol–water partition coefficient (Wildman–Crippen LogP) is 4.16. The van der Waals surface area contributed by atoms with E-state index in [1.165, 1.54) is 0 Å². The van der Waals surface area contributed by atoms with Gasteiger partial charge in [0, 0.05) is 30.3 Å². The van der Waals surface area contributed by atoms with E-state index >= 15 is 0 Å². The van der Waals surface area contributed by atoms with Gasteiger partial charge in [0.15, 0.2) is 0 Å². The van der Waals surface area contributed by atoms with Crippen LogP contribution in [0.15, 0.2) is 35.9 Å². The molecule has 0 radical (unpaired) electrons. The zero-order chi connectivity index (χ0) is 16.8. The topological polar surface area (TPSA) is 42.4 Å². The molecular formula is C17H26N2O2S. The van der Waals surface area contributed by atoms with Crippen molar-refractivity contribution in [3.05, 3.63) is 36.7 Å². The van der Waals surface area contributed by atoms with E-state index in [1.54, 1.807) is 29.8 Å². The van der Waals surface area contributed by atoms with Crippen LogP contribution in [-0.4, -0.2) is 40.4 Å². The Morgan fingerprint density at radius 3 is 2.64 bits per heavy atom. The maximum Gasteiger partial charge on any atom is 0.410 e. The minimum atomic E-state index is -0.506. The lowest BCUT2D eigenvalue weighted by molar-refractivity contribution is 0.0255. The molecule has 0 aromatic carbocycles. The molecule has 4 nitrogen and oxygen atoms in total. The monoisotopic (exact) mass is 322 g/mol. The molecule has 0 saturated carbocycles. The van der Waals surface area contributed by atoms with Gasteiger partial charge in [-0.2, -0.15) is 0 Å². The average Bonchev–Trinajstić information content (AvgIpc) is 2.44. The Morgan fingerprint density at radius 2 is 2.18 bits per heavy atom. The maximum atomic E-state index is 12.1. The second-order valence-electron chi connectivity index (χ2n) is 6.02. The molecule has 1 aromatic rings. The van der Waals surface area contributed by atoms with E-state index in [9.17, 15) is 4.79 Å². The lowest BCUT2D eigenvalue weighted by Gasteiger charge is -2.29. The van der Waals surface area contributed by atoms with Crippen molar-refractivity contribution in [3.63, 3.8) is 0 Å². The number of amides is 1. The third-order valence-electron chi connectivity index (χ3n) is 2.98. The molecule has 1 heterocycles. The van der Waals surface area contributed by atoms with Gasteiger partial charge in [-0.25, -0.2) is 4.79 Å². The van der Waals surface area contributed by atoms with Crippen LogP contribution in [0.4, 0.5) is 4.79 Å². The molecule has 122 valence electrons. The Kier molecular flexibility index (Phi) is 6.94. The summed E-state index contributed by atoms with van der Waals surface area (Å²) < 4.78 is 5.39. The van der Waals surface area contributed by atoms with Crippen LogP contribution in [0.1, 0.15) is 33.4 Å². The van der Waals surface area contributed by atoms with Crippen LogP contribution in [-0.2, 0) is 11.2 Å². The van der Waals surface area contributed by atoms with Gasteiger partial charge >= 0.3 is 6.09 Å². The van der Waals surface area contributed by atoms with Crippen LogP contribution >= 0.6 is 11.8 Å². The summed E-state index contributed by atoms with van der Waals surface area (Å²) in [6.07, 6.45) is 3.89. The molecule has 1 rings (SSSR count). The lowest BCUT2D eigenvalue weighted by Crippen LogP contribution is -2.40. The highest BCUT2D eigenvalue weighted by molar-refractivity contribution is 7.99. The second-order valence-corrected chi connectivity index (χ2v) is 7.35. The summed E-state index contributed by atoms with van der Waals surface area (Å²) in [6, 6.07) is 3.91. The molecule has 0 fully saturated rings. The van der Waals surface area contributed by atoms with Crippen LogP contribution < -0.4 is 0 Å². The number of hydrogen-bond donors (Lipinski definition) is 0. The van der Waals surface area contributed by atoms with Crippen molar-refractivity contribution in [3.8, 4) is 0 Å². The smallest absolute Gasteiger partial charge is 0.410 e. The van der Waals surface area contributed by atoms with E-state index in [1.807, 2.05) is 33.0 Å². The van der Waals surface area contributed by atoms with E-state index in [-0.39, 0.29) is 12.1 Å². The molecule has 0 spiro atoms. The first kappa shape index (κ1) is 18.6. The van der Waals surface area contributed by atoms with Crippen LogP contribution in [0, 0.1) is 0 Å². The zero-order valence-corrected chi connectivity index (χ0v) is 14.9. The molecule has 1 unspecified atom stereocenters. The minimum absolute atomic E-state index is 0.146. The average molecular weight is 322 g/mol. The number of carbonyl (C=O) groups excluding carboxylic acids is 1. The van der Waals surface area contributed by atoms with Gasteiger partial charge < -0.3 is 9.64 Å². The van der Waals surface area contributed by atoms with Gasteiger partial charge in [-0.15, -0.1) is 18.3 Å². The number of carbonyl (C=O) groups is 1. The van der Waals surface area contributed by atoms with E-state index in [0.717, 1.165) is 16.3 Å². The Balaban J connectivity index is 2.71. The summed E-state index contributed by atoms with van der Waals surface area (Å²) in [4.78, 5) is 19.3. The van der Waals surface area contributed by atoms with E-state index in [0.29, 0.717) is 6.42 Å². The van der Waals surface area contributed by atoms with Gasteiger partial charge in [0.05, 0.1) is 6.04 Å². The highest BCUT2D eigenvalue weighted by Gasteiger charge is 2.24. The number of rotatable bonds is 6. The summed E-state index contributed by atoms with van der Waals surface area (Å²) in [5.41, 5.74) is 0.426. The van der Waals surface area contributed by atoms with Crippen molar-refractivity contribution in [1.29, 1.82) is 0 Å². The van der Waals surface area contributed by atoms with Gasteiger partial charge in [-0.05, 0) is 38.7 Å². The van der Waals surface area contributed by atoms with Gasteiger partial charge in [0.1, 0.15) is 5.60 Å². The van der Waals surface area contributed by atoms with Crippen molar-refractivity contribution in [2.45, 2.75) is 50.7 Å². The SMILES string of the molecule is C=CC(Cc1ccc(SCC)cn1)N(C)C(=O)OC(C)(C)C. The molecule has 0 bridgehead atoms. The maximum absolute atomic E-state index is 12.1. The third-order valence-corrected chi connectivity index (χ3v) is 3.84. The van der Waals surface area contributed by atoms with Crippen molar-refractivity contribution < 1.29 is 9.53 Å².